The second kappa shape index (κ2) is 4.77. The lowest BCUT2D eigenvalue weighted by molar-refractivity contribution is 0.0614. The molecule has 0 spiro atoms. The van der Waals surface area contributed by atoms with Crippen molar-refractivity contribution in [3.05, 3.63) is 0 Å². The number of sulfone groups is 1. The van der Waals surface area contributed by atoms with Gasteiger partial charge in [-0.05, 0) is 13.3 Å². The fourth-order valence-electron chi connectivity index (χ4n) is 0.714. The maximum atomic E-state index is 11.2. The Hall–Kier alpha value is -0.180. The van der Waals surface area contributed by atoms with E-state index in [1.165, 1.54) is 6.92 Å². The van der Waals surface area contributed by atoms with Crippen molar-refractivity contribution in [2.75, 3.05) is 17.9 Å². The number of hydrogen-bond acceptors (Lipinski definition) is 5. The minimum atomic E-state index is -3.88. The molecule has 0 aromatic rings. The van der Waals surface area contributed by atoms with Crippen molar-refractivity contribution in [2.45, 2.75) is 25.9 Å². The van der Waals surface area contributed by atoms with Crippen LogP contribution in [-0.2, 0) is 19.9 Å². The monoisotopic (exact) mass is 259 g/mol. The summed E-state index contributed by atoms with van der Waals surface area (Å²) in [6.45, 7) is 2.97. The fraction of sp³-hybridized carbons (Fsp3) is 1.00. The van der Waals surface area contributed by atoms with Gasteiger partial charge in [-0.2, -0.15) is 0 Å². The Bertz CT molecular complexity index is 395. The van der Waals surface area contributed by atoms with Crippen LogP contribution in [0.15, 0.2) is 0 Å². The van der Waals surface area contributed by atoms with Crippen LogP contribution in [-0.4, -0.2) is 45.4 Å². The summed E-state index contributed by atoms with van der Waals surface area (Å²) in [6, 6.07) is 0. The molecule has 0 aromatic heterocycles. The molecule has 0 radical (unpaired) electrons. The molecule has 0 saturated heterocycles. The molecule has 15 heavy (non-hydrogen) atoms. The van der Waals surface area contributed by atoms with E-state index in [-0.39, 0.29) is 6.54 Å². The van der Waals surface area contributed by atoms with Crippen molar-refractivity contribution >= 4 is 19.9 Å². The predicted molar refractivity (Wildman–Crippen MR) is 57.5 cm³/mol. The highest BCUT2D eigenvalue weighted by molar-refractivity contribution is 8.06. The predicted octanol–water partition coefficient (Wildman–Crippen LogP) is -0.931. The average Bonchev–Trinajstić information content (AvgIpc) is 1.97. The zero-order valence-electron chi connectivity index (χ0n) is 9.02. The van der Waals surface area contributed by atoms with Gasteiger partial charge in [0.2, 0.25) is 10.0 Å². The molecule has 0 fully saturated rings. The van der Waals surface area contributed by atoms with Crippen LogP contribution < -0.4 is 4.72 Å². The lowest BCUT2D eigenvalue weighted by Gasteiger charge is -2.21. The van der Waals surface area contributed by atoms with Gasteiger partial charge < -0.3 is 5.11 Å². The summed E-state index contributed by atoms with van der Waals surface area (Å²) in [6.07, 6.45) is 1.21. The molecule has 0 aliphatic heterocycles. The van der Waals surface area contributed by atoms with Crippen LogP contribution in [0.3, 0.4) is 0 Å². The summed E-state index contributed by atoms with van der Waals surface area (Å²) < 4.78 is 46.0. The normalized spacial score (nSPS) is 17.3. The quantitative estimate of drug-likeness (QED) is 0.642. The van der Waals surface area contributed by atoms with E-state index in [0.717, 1.165) is 6.26 Å². The van der Waals surface area contributed by atoms with Crippen LogP contribution in [0.4, 0.5) is 0 Å². The second-order valence-electron chi connectivity index (χ2n) is 3.83. The van der Waals surface area contributed by atoms with Gasteiger partial charge in [0.1, 0.15) is 0 Å². The van der Waals surface area contributed by atoms with E-state index in [0.29, 0.717) is 6.42 Å². The third-order valence-corrected chi connectivity index (χ3v) is 5.34. The molecule has 0 heterocycles. The van der Waals surface area contributed by atoms with Gasteiger partial charge in [0, 0.05) is 12.8 Å². The minimum Gasteiger partial charge on any atom is -0.389 e. The van der Waals surface area contributed by atoms with Gasteiger partial charge in [0.25, 0.3) is 0 Å². The third kappa shape index (κ3) is 7.71. The Morgan fingerprint density at radius 2 is 1.73 bits per heavy atom. The van der Waals surface area contributed by atoms with Crippen molar-refractivity contribution in [3.63, 3.8) is 0 Å². The van der Waals surface area contributed by atoms with Gasteiger partial charge in [-0.15, -0.1) is 0 Å². The van der Waals surface area contributed by atoms with Crippen molar-refractivity contribution in [1.29, 1.82) is 0 Å². The minimum absolute atomic E-state index is 0.193. The topological polar surface area (TPSA) is 101 Å². The third-order valence-electron chi connectivity index (χ3n) is 1.80. The smallest absolute Gasteiger partial charge is 0.226 e. The first kappa shape index (κ1) is 14.8. The lowest BCUT2D eigenvalue weighted by Crippen LogP contribution is -2.41. The zero-order valence-corrected chi connectivity index (χ0v) is 10.7. The van der Waals surface area contributed by atoms with Crippen molar-refractivity contribution < 1.29 is 21.9 Å². The number of nitrogens with one attached hydrogen (secondary N) is 1. The number of sulfonamides is 1. The van der Waals surface area contributed by atoms with Crippen molar-refractivity contribution in [2.24, 2.45) is 0 Å². The molecule has 1 atom stereocenters. The van der Waals surface area contributed by atoms with Crippen LogP contribution in [0.1, 0.15) is 20.3 Å². The van der Waals surface area contributed by atoms with Gasteiger partial charge in [-0.25, -0.2) is 21.6 Å². The first-order valence-electron chi connectivity index (χ1n) is 4.35. The molecular formula is C7H17NO5S2. The molecule has 0 rings (SSSR count). The summed E-state index contributed by atoms with van der Waals surface area (Å²) in [5, 5.41) is 8.55. The maximum absolute atomic E-state index is 11.2. The summed E-state index contributed by atoms with van der Waals surface area (Å²) in [5.41, 5.74) is -1.16. The molecule has 1 unspecified atom stereocenters. The molecule has 0 aliphatic rings. The first-order chi connectivity index (χ1) is 6.47. The van der Waals surface area contributed by atoms with Gasteiger partial charge in [0.15, 0.2) is 14.9 Å². The largest absolute Gasteiger partial charge is 0.389 e. The fourth-order valence-corrected chi connectivity index (χ4v) is 3.83. The molecule has 0 aromatic carbocycles. The Kier molecular flexibility index (Phi) is 4.71. The highest BCUT2D eigenvalue weighted by Crippen LogP contribution is 2.06. The van der Waals surface area contributed by atoms with E-state index in [9.17, 15) is 21.9 Å². The van der Waals surface area contributed by atoms with E-state index in [1.807, 2.05) is 4.72 Å². The molecule has 0 saturated carbocycles. The van der Waals surface area contributed by atoms with Crippen LogP contribution in [0.5, 0.6) is 0 Å². The van der Waals surface area contributed by atoms with Crippen LogP contribution in [0.25, 0.3) is 0 Å². The van der Waals surface area contributed by atoms with Crippen LogP contribution in [0.2, 0.25) is 0 Å². The number of hydrogen-bond donors (Lipinski definition) is 2. The Labute approximate surface area is 90.7 Å². The average molecular weight is 259 g/mol. The summed E-state index contributed by atoms with van der Waals surface area (Å²) in [5.74, 6) is 0. The SMILES string of the molecule is CCC(C)(O)CNS(=O)(=O)CS(C)(=O)=O. The van der Waals surface area contributed by atoms with Gasteiger partial charge in [-0.1, -0.05) is 6.92 Å². The van der Waals surface area contributed by atoms with Crippen molar-refractivity contribution in [3.8, 4) is 0 Å². The summed E-state index contributed by atoms with van der Waals surface area (Å²) in [4.78, 5) is 0. The van der Waals surface area contributed by atoms with Crippen molar-refractivity contribution in [1.82, 2.24) is 4.72 Å². The van der Waals surface area contributed by atoms with Crippen LogP contribution >= 0.6 is 0 Å². The standard InChI is InChI=1S/C7H17NO5S2/c1-4-7(2,9)5-8-15(12,13)6-14(3,10)11/h8-9H,4-6H2,1-3H3. The van der Waals surface area contributed by atoms with Gasteiger partial charge in [0.05, 0.1) is 5.60 Å². The molecule has 2 N–H and O–H groups in total. The molecule has 6 nitrogen and oxygen atoms in total. The second-order valence-corrected chi connectivity index (χ2v) is 8.14. The molecule has 0 aliphatic carbocycles. The number of rotatable bonds is 6. The molecule has 92 valence electrons. The Balaban J connectivity index is 4.43. The molecule has 0 amide bonds. The Morgan fingerprint density at radius 3 is 2.07 bits per heavy atom. The molecule has 8 heteroatoms. The van der Waals surface area contributed by atoms with E-state index >= 15 is 0 Å². The van der Waals surface area contributed by atoms with E-state index in [4.69, 9.17) is 0 Å². The summed E-state index contributed by atoms with van der Waals surface area (Å²) in [7, 11) is -7.47. The summed E-state index contributed by atoms with van der Waals surface area (Å²) >= 11 is 0. The lowest BCUT2D eigenvalue weighted by atomic mass is 10.1. The van der Waals surface area contributed by atoms with Gasteiger partial charge >= 0.3 is 0 Å². The molecular weight excluding hydrogens is 242 g/mol. The van der Waals surface area contributed by atoms with E-state index in [2.05, 4.69) is 0 Å². The van der Waals surface area contributed by atoms with E-state index in [1.54, 1.807) is 6.92 Å². The zero-order chi connectivity index (χ0) is 12.3. The molecule has 0 bridgehead atoms. The van der Waals surface area contributed by atoms with Crippen LogP contribution in [0, 0.1) is 0 Å². The maximum Gasteiger partial charge on any atom is 0.226 e. The van der Waals surface area contributed by atoms with E-state index < -0.39 is 30.5 Å². The highest BCUT2D eigenvalue weighted by Gasteiger charge is 2.23. The number of aliphatic hydroxyl groups is 1. The first-order valence-corrected chi connectivity index (χ1v) is 8.06. The highest BCUT2D eigenvalue weighted by atomic mass is 32.3. The Morgan fingerprint density at radius 1 is 1.27 bits per heavy atom. The van der Waals surface area contributed by atoms with Gasteiger partial charge in [-0.3, -0.25) is 0 Å².